The fourth-order valence-electron chi connectivity index (χ4n) is 1.79. The molecule has 5 heteroatoms. The maximum absolute atomic E-state index is 12.5. The van der Waals surface area contributed by atoms with Crippen molar-refractivity contribution in [2.75, 3.05) is 7.11 Å². The van der Waals surface area contributed by atoms with Crippen molar-refractivity contribution in [3.63, 3.8) is 0 Å². The third-order valence-electron chi connectivity index (χ3n) is 3.25. The van der Waals surface area contributed by atoms with Crippen LogP contribution in [0.4, 0.5) is 0 Å². The molecule has 0 spiro atoms. The van der Waals surface area contributed by atoms with E-state index in [1.807, 2.05) is 20.8 Å². The highest BCUT2D eigenvalue weighted by atomic mass is 16.5. The number of Topliss-reactive ketones (excluding diaryl/α,β-unsaturated/α-hetero) is 1. The van der Waals surface area contributed by atoms with Gasteiger partial charge in [0.25, 0.3) is 0 Å². The molecule has 0 aliphatic rings. The number of aromatic nitrogens is 2. The second-order valence-electron chi connectivity index (χ2n) is 4.07. The van der Waals surface area contributed by atoms with Gasteiger partial charge < -0.3 is 10.5 Å². The second-order valence-corrected chi connectivity index (χ2v) is 4.07. The highest BCUT2D eigenvalue weighted by molar-refractivity contribution is 6.03. The van der Waals surface area contributed by atoms with Crippen LogP contribution in [0.5, 0.6) is 5.75 Å². The van der Waals surface area contributed by atoms with E-state index in [-0.39, 0.29) is 5.78 Å². The Morgan fingerprint density at radius 1 is 1.47 bits per heavy atom. The monoisotopic (exact) mass is 239 g/mol. The van der Waals surface area contributed by atoms with Crippen molar-refractivity contribution < 1.29 is 9.53 Å². The Balaban J connectivity index is 3.23. The lowest BCUT2D eigenvalue weighted by Crippen LogP contribution is -2.47. The molecule has 0 saturated heterocycles. The Morgan fingerprint density at radius 3 is 2.47 bits per heavy atom. The number of carbonyl (C=O) groups is 1. The van der Waals surface area contributed by atoms with E-state index in [0.29, 0.717) is 30.8 Å². The van der Waals surface area contributed by atoms with Gasteiger partial charge in [0, 0.05) is 6.54 Å². The van der Waals surface area contributed by atoms with Gasteiger partial charge in [-0.3, -0.25) is 9.48 Å². The number of hydrogen-bond donors (Lipinski definition) is 1. The fraction of sp³-hybridized carbons (Fsp3) is 0.667. The lowest BCUT2D eigenvalue weighted by Gasteiger charge is -2.25. The molecule has 0 aliphatic heterocycles. The van der Waals surface area contributed by atoms with Crippen LogP contribution >= 0.6 is 0 Å². The van der Waals surface area contributed by atoms with Crippen molar-refractivity contribution in [3.8, 4) is 5.75 Å². The molecule has 0 aliphatic carbocycles. The van der Waals surface area contributed by atoms with Crippen LogP contribution < -0.4 is 10.5 Å². The summed E-state index contributed by atoms with van der Waals surface area (Å²) < 4.78 is 6.81. The van der Waals surface area contributed by atoms with Crippen LogP contribution in [-0.2, 0) is 6.54 Å². The van der Waals surface area contributed by atoms with Crippen molar-refractivity contribution in [2.45, 2.75) is 45.7 Å². The molecular formula is C12H21N3O2. The van der Waals surface area contributed by atoms with Gasteiger partial charge in [0.2, 0.25) is 5.78 Å². The van der Waals surface area contributed by atoms with E-state index < -0.39 is 5.54 Å². The van der Waals surface area contributed by atoms with Gasteiger partial charge in [-0.15, -0.1) is 0 Å². The summed E-state index contributed by atoms with van der Waals surface area (Å²) in [5.41, 5.74) is 5.77. The average molecular weight is 239 g/mol. The lowest BCUT2D eigenvalue weighted by atomic mass is 9.87. The Labute approximate surface area is 102 Å². The Morgan fingerprint density at radius 2 is 2.06 bits per heavy atom. The van der Waals surface area contributed by atoms with Crippen molar-refractivity contribution in [1.29, 1.82) is 0 Å². The summed E-state index contributed by atoms with van der Waals surface area (Å²) in [7, 11) is 1.53. The number of nitrogens with two attached hydrogens (primary N) is 1. The van der Waals surface area contributed by atoms with E-state index in [4.69, 9.17) is 10.5 Å². The van der Waals surface area contributed by atoms with Crippen molar-refractivity contribution in [2.24, 2.45) is 5.73 Å². The van der Waals surface area contributed by atoms with Crippen LogP contribution in [0.3, 0.4) is 0 Å². The minimum absolute atomic E-state index is 0.0984. The quantitative estimate of drug-likeness (QED) is 0.766. The standard InChI is InChI=1S/C12H21N3O2/c1-5-12(13,6-2)11(16)10-9(17-4)8-14-15(10)7-3/h8H,5-7,13H2,1-4H3. The van der Waals surface area contributed by atoms with E-state index in [0.717, 1.165) is 0 Å². The van der Waals surface area contributed by atoms with Crippen molar-refractivity contribution >= 4 is 5.78 Å². The Hall–Kier alpha value is -1.36. The van der Waals surface area contributed by atoms with E-state index >= 15 is 0 Å². The summed E-state index contributed by atoms with van der Waals surface area (Å²) >= 11 is 0. The molecule has 96 valence electrons. The molecule has 5 nitrogen and oxygen atoms in total. The molecule has 2 N–H and O–H groups in total. The number of ether oxygens (including phenoxy) is 1. The smallest absolute Gasteiger partial charge is 0.204 e. The average Bonchev–Trinajstić information content (AvgIpc) is 2.79. The number of aryl methyl sites for hydroxylation is 1. The van der Waals surface area contributed by atoms with Crippen LogP contribution in [0.25, 0.3) is 0 Å². The van der Waals surface area contributed by atoms with Gasteiger partial charge in [0.15, 0.2) is 5.75 Å². The van der Waals surface area contributed by atoms with Gasteiger partial charge in [-0.2, -0.15) is 5.10 Å². The first-order valence-electron chi connectivity index (χ1n) is 5.97. The highest BCUT2D eigenvalue weighted by Gasteiger charge is 2.35. The van der Waals surface area contributed by atoms with Gasteiger partial charge in [-0.25, -0.2) is 0 Å². The molecule has 1 heterocycles. The summed E-state index contributed by atoms with van der Waals surface area (Å²) in [4.78, 5) is 12.5. The van der Waals surface area contributed by atoms with E-state index in [2.05, 4.69) is 5.10 Å². The molecule has 0 atom stereocenters. The molecule has 0 fully saturated rings. The zero-order valence-electron chi connectivity index (χ0n) is 11.0. The van der Waals surface area contributed by atoms with Crippen molar-refractivity contribution in [3.05, 3.63) is 11.9 Å². The number of carbonyl (C=O) groups excluding carboxylic acids is 1. The van der Waals surface area contributed by atoms with Gasteiger partial charge in [-0.1, -0.05) is 13.8 Å². The van der Waals surface area contributed by atoms with Gasteiger partial charge in [-0.05, 0) is 19.8 Å². The predicted molar refractivity (Wildman–Crippen MR) is 66.3 cm³/mol. The molecule has 17 heavy (non-hydrogen) atoms. The Bertz CT molecular complexity index is 373. The zero-order valence-corrected chi connectivity index (χ0v) is 11.0. The molecule has 0 bridgehead atoms. The van der Waals surface area contributed by atoms with E-state index in [9.17, 15) is 4.79 Å². The van der Waals surface area contributed by atoms with Crippen LogP contribution in [0.15, 0.2) is 6.20 Å². The molecule has 1 rings (SSSR count). The first kappa shape index (κ1) is 13.7. The van der Waals surface area contributed by atoms with E-state index in [1.165, 1.54) is 7.11 Å². The molecule has 1 aromatic heterocycles. The molecular weight excluding hydrogens is 218 g/mol. The minimum atomic E-state index is -0.833. The second kappa shape index (κ2) is 5.31. The van der Waals surface area contributed by atoms with Crippen LogP contribution in [0.2, 0.25) is 0 Å². The summed E-state index contributed by atoms with van der Waals surface area (Å²) in [6.07, 6.45) is 2.75. The van der Waals surface area contributed by atoms with Crippen LogP contribution in [0, 0.1) is 0 Å². The minimum Gasteiger partial charge on any atom is -0.493 e. The maximum atomic E-state index is 12.5. The number of nitrogens with zero attached hydrogens (tertiary/aromatic N) is 2. The first-order chi connectivity index (χ1) is 8.03. The molecule has 0 amide bonds. The largest absolute Gasteiger partial charge is 0.493 e. The third-order valence-corrected chi connectivity index (χ3v) is 3.25. The number of hydrogen-bond acceptors (Lipinski definition) is 4. The molecule has 0 unspecified atom stereocenters. The van der Waals surface area contributed by atoms with Gasteiger partial charge in [0.05, 0.1) is 18.8 Å². The van der Waals surface area contributed by atoms with Crippen LogP contribution in [-0.4, -0.2) is 28.2 Å². The van der Waals surface area contributed by atoms with Gasteiger partial charge >= 0.3 is 0 Å². The molecule has 0 saturated carbocycles. The molecule has 0 radical (unpaired) electrons. The summed E-state index contributed by atoms with van der Waals surface area (Å²) in [6.45, 7) is 6.38. The highest BCUT2D eigenvalue weighted by Crippen LogP contribution is 2.25. The number of ketones is 1. The number of methoxy groups -OCH3 is 1. The summed E-state index contributed by atoms with van der Waals surface area (Å²) in [5, 5.41) is 4.12. The summed E-state index contributed by atoms with van der Waals surface area (Å²) in [5.74, 6) is 0.396. The third kappa shape index (κ3) is 2.34. The van der Waals surface area contributed by atoms with Crippen LogP contribution in [0.1, 0.15) is 44.1 Å². The fourth-order valence-corrected chi connectivity index (χ4v) is 1.79. The summed E-state index contributed by atoms with van der Waals surface area (Å²) in [6, 6.07) is 0. The maximum Gasteiger partial charge on any atom is 0.204 e. The van der Waals surface area contributed by atoms with E-state index in [1.54, 1.807) is 10.9 Å². The number of rotatable bonds is 6. The normalized spacial score (nSPS) is 11.6. The predicted octanol–water partition coefficient (Wildman–Crippen LogP) is 1.61. The first-order valence-corrected chi connectivity index (χ1v) is 5.97. The topological polar surface area (TPSA) is 70.1 Å². The SMILES string of the molecule is CCn1ncc(OC)c1C(=O)C(N)(CC)CC. The molecule has 0 aromatic carbocycles. The molecule has 1 aromatic rings. The zero-order chi connectivity index (χ0) is 13.1. The van der Waals surface area contributed by atoms with Gasteiger partial charge in [0.1, 0.15) is 5.69 Å². The van der Waals surface area contributed by atoms with Crippen molar-refractivity contribution in [1.82, 2.24) is 9.78 Å². The lowest BCUT2D eigenvalue weighted by molar-refractivity contribution is 0.0865. The Kier molecular flexibility index (Phi) is 4.28.